The molecule has 1 heterocycles. The Bertz CT molecular complexity index is 700. The van der Waals surface area contributed by atoms with Gasteiger partial charge in [0, 0.05) is 30.4 Å². The van der Waals surface area contributed by atoms with Crippen LogP contribution in [-0.4, -0.2) is 24.7 Å². The summed E-state index contributed by atoms with van der Waals surface area (Å²) < 4.78 is 5.30. The van der Waals surface area contributed by atoms with E-state index in [1.54, 1.807) is 0 Å². The Hall–Kier alpha value is -1.82. The molecule has 0 bridgehead atoms. The summed E-state index contributed by atoms with van der Waals surface area (Å²) in [5.74, 6) is 1.76. The minimum absolute atomic E-state index is 0.120. The van der Waals surface area contributed by atoms with E-state index >= 15 is 0 Å². The minimum Gasteiger partial charge on any atom is -0.381 e. The Morgan fingerprint density at radius 1 is 1.04 bits per heavy atom. The zero-order chi connectivity index (χ0) is 17.5. The summed E-state index contributed by atoms with van der Waals surface area (Å²) in [6.07, 6.45) is 1.12. The first-order valence-electron chi connectivity index (χ1n) is 8.54. The number of hydrogen-bond donors (Lipinski definition) is 2. The fraction of sp³-hybridized carbons (Fsp3) is 0.350. The largest absolute Gasteiger partial charge is 0.381 e. The molecule has 2 aromatic carbocycles. The number of nitrogens with one attached hydrogen (secondary N) is 1. The van der Waals surface area contributed by atoms with Crippen LogP contribution in [0.1, 0.15) is 24.0 Å². The molecule has 1 amide bonds. The quantitative estimate of drug-likeness (QED) is 0.830. The van der Waals surface area contributed by atoms with E-state index in [9.17, 15) is 4.79 Å². The first-order chi connectivity index (χ1) is 12.2. The summed E-state index contributed by atoms with van der Waals surface area (Å²) in [4.78, 5) is 12.5. The molecule has 132 valence electrons. The molecular weight excluding hydrogens is 332 g/mol. The van der Waals surface area contributed by atoms with Crippen molar-refractivity contribution in [1.29, 1.82) is 0 Å². The van der Waals surface area contributed by atoms with Crippen molar-refractivity contribution < 1.29 is 9.53 Å². The number of hydrogen-bond acceptors (Lipinski definition) is 4. The Balaban J connectivity index is 1.55. The number of rotatable bonds is 6. The lowest BCUT2D eigenvalue weighted by Gasteiger charge is -2.31. The molecule has 1 saturated heterocycles. The fourth-order valence-corrected chi connectivity index (χ4v) is 3.76. The first kappa shape index (κ1) is 18.0. The van der Waals surface area contributed by atoms with Gasteiger partial charge in [0.1, 0.15) is 5.54 Å². The van der Waals surface area contributed by atoms with Crippen LogP contribution in [0.5, 0.6) is 0 Å². The van der Waals surface area contributed by atoms with Gasteiger partial charge in [0.05, 0.1) is 0 Å². The van der Waals surface area contributed by atoms with Gasteiger partial charge in [0.15, 0.2) is 0 Å². The van der Waals surface area contributed by atoms with Gasteiger partial charge in [-0.1, -0.05) is 42.5 Å². The minimum atomic E-state index is -0.823. The second kappa shape index (κ2) is 8.52. The molecule has 1 fully saturated rings. The number of amides is 1. The van der Waals surface area contributed by atoms with E-state index in [4.69, 9.17) is 10.5 Å². The number of carbonyl (C=O) groups is 1. The van der Waals surface area contributed by atoms with Gasteiger partial charge in [-0.25, -0.2) is 0 Å². The number of anilines is 1. The van der Waals surface area contributed by atoms with Crippen LogP contribution < -0.4 is 11.1 Å². The average molecular weight is 356 g/mol. The predicted molar refractivity (Wildman–Crippen MR) is 103 cm³/mol. The predicted octanol–water partition coefficient (Wildman–Crippen LogP) is 3.57. The van der Waals surface area contributed by atoms with Crippen LogP contribution in [0.2, 0.25) is 0 Å². The van der Waals surface area contributed by atoms with E-state index in [0.717, 1.165) is 17.2 Å². The number of nitrogens with two attached hydrogens (primary N) is 1. The maximum Gasteiger partial charge on any atom is 0.244 e. The second-order valence-electron chi connectivity index (χ2n) is 6.40. The van der Waals surface area contributed by atoms with Gasteiger partial charge in [-0.15, -0.1) is 0 Å². The maximum absolute atomic E-state index is 12.5. The number of benzene rings is 2. The van der Waals surface area contributed by atoms with Crippen LogP contribution in [0.3, 0.4) is 0 Å². The van der Waals surface area contributed by atoms with E-state index in [-0.39, 0.29) is 5.91 Å². The molecule has 5 heteroatoms. The topological polar surface area (TPSA) is 64.4 Å². The Labute approximate surface area is 153 Å². The summed E-state index contributed by atoms with van der Waals surface area (Å²) in [6.45, 7) is 1.08. The zero-order valence-corrected chi connectivity index (χ0v) is 15.1. The molecule has 0 atom stereocenters. The number of ether oxygens (including phenoxy) is 1. The van der Waals surface area contributed by atoms with E-state index in [0.29, 0.717) is 26.1 Å². The van der Waals surface area contributed by atoms with E-state index < -0.39 is 5.54 Å². The van der Waals surface area contributed by atoms with Crippen molar-refractivity contribution in [2.75, 3.05) is 18.5 Å². The maximum atomic E-state index is 12.5. The monoisotopic (exact) mass is 356 g/mol. The zero-order valence-electron chi connectivity index (χ0n) is 14.2. The molecule has 4 nitrogen and oxygen atoms in total. The molecule has 0 spiro atoms. The molecule has 3 rings (SSSR count). The van der Waals surface area contributed by atoms with Crippen molar-refractivity contribution in [3.63, 3.8) is 0 Å². The Morgan fingerprint density at radius 3 is 2.48 bits per heavy atom. The van der Waals surface area contributed by atoms with Crippen LogP contribution in [0, 0.1) is 0 Å². The van der Waals surface area contributed by atoms with Gasteiger partial charge in [-0.3, -0.25) is 4.79 Å². The molecule has 0 saturated carbocycles. The van der Waals surface area contributed by atoms with Gasteiger partial charge in [0.2, 0.25) is 5.91 Å². The van der Waals surface area contributed by atoms with Crippen LogP contribution in [-0.2, 0) is 21.0 Å². The highest BCUT2D eigenvalue weighted by molar-refractivity contribution is 7.97. The third-order valence-corrected chi connectivity index (χ3v) is 5.48. The summed E-state index contributed by atoms with van der Waals surface area (Å²) in [6, 6.07) is 18.4. The molecule has 0 aromatic heterocycles. The standard InChI is InChI=1S/C20H24N2O2S/c21-20(9-11-24-12-10-20)19(23)22-18-8-4-7-17(13-18)15-25-14-16-5-2-1-3-6-16/h1-8,13H,9-12,14-15,21H2,(H,22,23). The molecule has 0 radical (unpaired) electrons. The summed E-state index contributed by atoms with van der Waals surface area (Å²) in [5.41, 5.74) is 8.73. The number of thioether (sulfide) groups is 1. The van der Waals surface area contributed by atoms with Gasteiger partial charge < -0.3 is 15.8 Å². The lowest BCUT2D eigenvalue weighted by Crippen LogP contribution is -2.54. The van der Waals surface area contributed by atoms with E-state index in [1.165, 1.54) is 11.1 Å². The molecule has 1 aliphatic rings. The van der Waals surface area contributed by atoms with Gasteiger partial charge in [-0.05, 0) is 36.1 Å². The van der Waals surface area contributed by atoms with Gasteiger partial charge in [0.25, 0.3) is 0 Å². The first-order valence-corrected chi connectivity index (χ1v) is 9.70. The highest BCUT2D eigenvalue weighted by Gasteiger charge is 2.35. The highest BCUT2D eigenvalue weighted by atomic mass is 32.2. The summed E-state index contributed by atoms with van der Waals surface area (Å²) in [7, 11) is 0. The van der Waals surface area contributed by atoms with Gasteiger partial charge in [-0.2, -0.15) is 11.8 Å². The average Bonchev–Trinajstić information content (AvgIpc) is 2.64. The smallest absolute Gasteiger partial charge is 0.244 e. The Kier molecular flexibility index (Phi) is 6.13. The normalized spacial score (nSPS) is 16.4. The fourth-order valence-electron chi connectivity index (χ4n) is 2.82. The molecule has 2 aromatic rings. The third kappa shape index (κ3) is 5.08. The van der Waals surface area contributed by atoms with Crippen molar-refractivity contribution in [2.45, 2.75) is 29.9 Å². The summed E-state index contributed by atoms with van der Waals surface area (Å²) in [5, 5.41) is 2.97. The Morgan fingerprint density at radius 2 is 1.72 bits per heavy atom. The molecular formula is C20H24N2O2S. The van der Waals surface area contributed by atoms with Crippen LogP contribution in [0.15, 0.2) is 54.6 Å². The lowest BCUT2D eigenvalue weighted by molar-refractivity contribution is -0.124. The molecule has 0 unspecified atom stereocenters. The molecule has 1 aliphatic heterocycles. The van der Waals surface area contributed by atoms with E-state index in [2.05, 4.69) is 35.6 Å². The molecule has 0 aliphatic carbocycles. The molecule has 3 N–H and O–H groups in total. The van der Waals surface area contributed by atoms with Crippen molar-refractivity contribution >= 4 is 23.4 Å². The molecule has 25 heavy (non-hydrogen) atoms. The van der Waals surface area contributed by atoms with Crippen LogP contribution in [0.4, 0.5) is 5.69 Å². The third-order valence-electron chi connectivity index (χ3n) is 4.40. The SMILES string of the molecule is NC1(C(=O)Nc2cccc(CSCc3ccccc3)c2)CCOCC1. The lowest BCUT2D eigenvalue weighted by atomic mass is 9.90. The van der Waals surface area contributed by atoms with Crippen molar-refractivity contribution in [3.8, 4) is 0 Å². The van der Waals surface area contributed by atoms with Crippen molar-refractivity contribution in [1.82, 2.24) is 0 Å². The van der Waals surface area contributed by atoms with Crippen molar-refractivity contribution in [2.24, 2.45) is 5.73 Å². The van der Waals surface area contributed by atoms with Crippen LogP contribution >= 0.6 is 11.8 Å². The summed E-state index contributed by atoms with van der Waals surface area (Å²) >= 11 is 1.86. The van der Waals surface area contributed by atoms with Gasteiger partial charge >= 0.3 is 0 Å². The highest BCUT2D eigenvalue weighted by Crippen LogP contribution is 2.23. The number of carbonyl (C=O) groups excluding carboxylic acids is 1. The van der Waals surface area contributed by atoms with E-state index in [1.807, 2.05) is 36.0 Å². The van der Waals surface area contributed by atoms with Crippen molar-refractivity contribution in [3.05, 3.63) is 65.7 Å². The second-order valence-corrected chi connectivity index (χ2v) is 7.39. The van der Waals surface area contributed by atoms with Crippen LogP contribution in [0.25, 0.3) is 0 Å².